The van der Waals surface area contributed by atoms with Gasteiger partial charge in [0.1, 0.15) is 0 Å². The van der Waals surface area contributed by atoms with Crippen LogP contribution in [0.4, 0.5) is 10.8 Å². The molecule has 0 bridgehead atoms. The number of hydrogen-bond donors (Lipinski definition) is 1. The molecule has 0 spiro atoms. The fraction of sp³-hybridized carbons (Fsp3) is 0.571. The maximum absolute atomic E-state index is 13.2. The molecule has 1 aliphatic heterocycles. The predicted molar refractivity (Wildman–Crippen MR) is 119 cm³/mol. The molecule has 1 saturated heterocycles. The molecule has 1 aromatic carbocycles. The lowest BCUT2D eigenvalue weighted by molar-refractivity contribution is -0.116. The molecule has 6 nitrogen and oxygen atoms in total. The first-order chi connectivity index (χ1) is 14.3. The third-order valence-corrected chi connectivity index (χ3v) is 7.47. The summed E-state index contributed by atoms with van der Waals surface area (Å²) in [6, 6.07) is 10.4. The first-order valence-electron chi connectivity index (χ1n) is 10.5. The van der Waals surface area contributed by atoms with Gasteiger partial charge in [-0.05, 0) is 37.8 Å². The first-order valence-corrected chi connectivity index (χ1v) is 12.3. The summed E-state index contributed by atoms with van der Waals surface area (Å²) < 4.78 is 6.45. The van der Waals surface area contributed by atoms with E-state index in [0.717, 1.165) is 54.0 Å². The monoisotopic (exact) mass is 432 g/mol. The van der Waals surface area contributed by atoms with Crippen molar-refractivity contribution in [1.29, 1.82) is 0 Å². The van der Waals surface area contributed by atoms with Crippen LogP contribution in [-0.4, -0.2) is 47.2 Å². The van der Waals surface area contributed by atoms with Gasteiger partial charge in [0, 0.05) is 24.9 Å². The van der Waals surface area contributed by atoms with Crippen molar-refractivity contribution in [2.24, 2.45) is 0 Å². The molecule has 1 atom stereocenters. The van der Waals surface area contributed by atoms with Crippen molar-refractivity contribution in [1.82, 2.24) is 10.2 Å². The van der Waals surface area contributed by atoms with Crippen molar-refractivity contribution in [2.45, 2.75) is 61.4 Å². The number of carbonyl (C=O) groups is 1. The summed E-state index contributed by atoms with van der Waals surface area (Å²) in [6.07, 6.45) is 8.33. The SMILES string of the molecule is O=C(CSc1nnc(NC[C@@H]2CCCO2)s1)N(c1ccccc1)C1CCCCC1. The highest BCUT2D eigenvalue weighted by Gasteiger charge is 2.27. The lowest BCUT2D eigenvalue weighted by Crippen LogP contribution is -2.42. The van der Waals surface area contributed by atoms with Crippen LogP contribution in [0.25, 0.3) is 0 Å². The second-order valence-corrected chi connectivity index (χ2v) is 9.77. The van der Waals surface area contributed by atoms with Crippen LogP contribution < -0.4 is 10.2 Å². The summed E-state index contributed by atoms with van der Waals surface area (Å²) in [7, 11) is 0. The molecular formula is C21H28N4O2S2. The molecule has 1 aliphatic carbocycles. The molecule has 4 rings (SSSR count). The summed E-state index contributed by atoms with van der Waals surface area (Å²) in [5.74, 6) is 0.531. The van der Waals surface area contributed by atoms with Crippen LogP contribution in [0.3, 0.4) is 0 Å². The third kappa shape index (κ3) is 5.71. The zero-order chi connectivity index (χ0) is 19.9. The van der Waals surface area contributed by atoms with E-state index in [1.807, 2.05) is 35.2 Å². The lowest BCUT2D eigenvalue weighted by atomic mass is 9.93. The van der Waals surface area contributed by atoms with Gasteiger partial charge in [-0.15, -0.1) is 10.2 Å². The molecule has 1 N–H and O–H groups in total. The Morgan fingerprint density at radius 1 is 1.14 bits per heavy atom. The van der Waals surface area contributed by atoms with Gasteiger partial charge in [0.05, 0.1) is 11.9 Å². The number of aromatic nitrogens is 2. The second-order valence-electron chi connectivity index (χ2n) is 7.57. The molecular weight excluding hydrogens is 404 g/mol. The largest absolute Gasteiger partial charge is 0.376 e. The van der Waals surface area contributed by atoms with Crippen molar-refractivity contribution >= 4 is 39.8 Å². The molecule has 2 aliphatic rings. The fourth-order valence-electron chi connectivity index (χ4n) is 4.03. The summed E-state index contributed by atoms with van der Waals surface area (Å²) in [4.78, 5) is 15.2. The van der Waals surface area contributed by atoms with E-state index in [1.54, 1.807) is 0 Å². The molecule has 0 radical (unpaired) electrons. The van der Waals surface area contributed by atoms with Gasteiger partial charge in [-0.1, -0.05) is 60.6 Å². The second kappa shape index (κ2) is 10.4. The Morgan fingerprint density at radius 3 is 2.72 bits per heavy atom. The van der Waals surface area contributed by atoms with E-state index in [0.29, 0.717) is 11.8 Å². The highest BCUT2D eigenvalue weighted by molar-refractivity contribution is 8.01. The Labute approximate surface area is 180 Å². The Balaban J connectivity index is 1.34. The Morgan fingerprint density at radius 2 is 1.97 bits per heavy atom. The minimum Gasteiger partial charge on any atom is -0.376 e. The fourth-order valence-corrected chi connectivity index (χ4v) is 5.64. The van der Waals surface area contributed by atoms with Gasteiger partial charge in [0.15, 0.2) is 4.34 Å². The van der Waals surface area contributed by atoms with Crippen LogP contribution in [-0.2, 0) is 9.53 Å². The zero-order valence-electron chi connectivity index (χ0n) is 16.6. The molecule has 1 saturated carbocycles. The van der Waals surface area contributed by atoms with Crippen molar-refractivity contribution in [3.05, 3.63) is 30.3 Å². The van der Waals surface area contributed by atoms with Gasteiger partial charge >= 0.3 is 0 Å². The summed E-state index contributed by atoms with van der Waals surface area (Å²) >= 11 is 2.98. The molecule has 0 unspecified atom stereocenters. The number of nitrogens with one attached hydrogen (secondary N) is 1. The first kappa shape index (κ1) is 20.6. The molecule has 2 fully saturated rings. The van der Waals surface area contributed by atoms with Crippen LogP contribution in [0.15, 0.2) is 34.7 Å². The van der Waals surface area contributed by atoms with Crippen molar-refractivity contribution < 1.29 is 9.53 Å². The van der Waals surface area contributed by atoms with E-state index < -0.39 is 0 Å². The lowest BCUT2D eigenvalue weighted by Gasteiger charge is -2.34. The van der Waals surface area contributed by atoms with Crippen LogP contribution in [0.2, 0.25) is 0 Å². The number of nitrogens with zero attached hydrogens (tertiary/aromatic N) is 3. The van der Waals surface area contributed by atoms with Gasteiger partial charge in [0.2, 0.25) is 11.0 Å². The number of anilines is 2. The molecule has 2 aromatic rings. The van der Waals surface area contributed by atoms with Gasteiger partial charge in [-0.2, -0.15) is 0 Å². The molecule has 156 valence electrons. The standard InChI is InChI=1S/C21H28N4O2S2/c26-19(25(16-8-3-1-4-9-16)17-10-5-2-6-11-17)15-28-21-24-23-20(29-21)22-14-18-12-7-13-27-18/h1,3-4,8-9,17-18H,2,5-7,10-15H2,(H,22,23)/t18-/m0/s1. The van der Waals surface area contributed by atoms with E-state index in [9.17, 15) is 4.79 Å². The third-order valence-electron chi connectivity index (χ3n) is 5.47. The molecule has 8 heteroatoms. The minimum absolute atomic E-state index is 0.150. The average Bonchev–Trinajstić information content (AvgIpc) is 3.44. The molecule has 1 aromatic heterocycles. The van der Waals surface area contributed by atoms with Crippen molar-refractivity contribution in [3.63, 3.8) is 0 Å². The summed E-state index contributed by atoms with van der Waals surface area (Å²) in [6.45, 7) is 1.62. The van der Waals surface area contributed by atoms with Crippen LogP contribution in [0.5, 0.6) is 0 Å². The van der Waals surface area contributed by atoms with E-state index in [2.05, 4.69) is 15.5 Å². The molecule has 29 heavy (non-hydrogen) atoms. The zero-order valence-corrected chi connectivity index (χ0v) is 18.2. The minimum atomic E-state index is 0.150. The van der Waals surface area contributed by atoms with Crippen molar-refractivity contribution in [2.75, 3.05) is 29.1 Å². The number of rotatable bonds is 8. The van der Waals surface area contributed by atoms with Gasteiger partial charge in [-0.3, -0.25) is 4.79 Å². The number of amides is 1. The number of ether oxygens (including phenoxy) is 1. The smallest absolute Gasteiger partial charge is 0.237 e. The number of hydrogen-bond acceptors (Lipinski definition) is 7. The van der Waals surface area contributed by atoms with Crippen LogP contribution in [0.1, 0.15) is 44.9 Å². The van der Waals surface area contributed by atoms with Crippen LogP contribution in [0, 0.1) is 0 Å². The van der Waals surface area contributed by atoms with E-state index in [-0.39, 0.29) is 12.0 Å². The molecule has 1 amide bonds. The van der Waals surface area contributed by atoms with E-state index >= 15 is 0 Å². The van der Waals surface area contributed by atoms with Crippen molar-refractivity contribution in [3.8, 4) is 0 Å². The Kier molecular flexibility index (Phi) is 7.40. The van der Waals surface area contributed by atoms with E-state index in [1.165, 1.54) is 42.4 Å². The predicted octanol–water partition coefficient (Wildman–Crippen LogP) is 4.59. The Hall–Kier alpha value is -1.64. The average molecular weight is 433 g/mol. The summed E-state index contributed by atoms with van der Waals surface area (Å²) in [5, 5.41) is 12.5. The van der Waals surface area contributed by atoms with Gasteiger partial charge < -0.3 is 15.0 Å². The number of thioether (sulfide) groups is 1. The highest BCUT2D eigenvalue weighted by atomic mass is 32.2. The number of para-hydroxylation sites is 1. The summed E-state index contributed by atoms with van der Waals surface area (Å²) in [5.41, 5.74) is 1.00. The maximum atomic E-state index is 13.2. The highest BCUT2D eigenvalue weighted by Crippen LogP contribution is 2.30. The topological polar surface area (TPSA) is 67.3 Å². The van der Waals surface area contributed by atoms with Gasteiger partial charge in [-0.25, -0.2) is 0 Å². The number of benzene rings is 1. The maximum Gasteiger partial charge on any atom is 0.237 e. The number of carbonyl (C=O) groups excluding carboxylic acids is 1. The molecule has 2 heterocycles. The Bertz CT molecular complexity index is 774. The van der Waals surface area contributed by atoms with Crippen LogP contribution >= 0.6 is 23.1 Å². The quantitative estimate of drug-likeness (QED) is 0.616. The normalized spacial score (nSPS) is 19.9. The van der Waals surface area contributed by atoms with E-state index in [4.69, 9.17) is 4.74 Å². The van der Waals surface area contributed by atoms with Gasteiger partial charge in [0.25, 0.3) is 0 Å².